The van der Waals surface area contributed by atoms with Gasteiger partial charge < -0.3 is 4.57 Å². The highest BCUT2D eigenvalue weighted by molar-refractivity contribution is 7.89. The molecule has 0 saturated heterocycles. The van der Waals surface area contributed by atoms with E-state index < -0.39 is 15.6 Å². The topological polar surface area (TPSA) is 64.0 Å². The van der Waals surface area contributed by atoms with Crippen LogP contribution in [0, 0.1) is 0 Å². The molecule has 0 aliphatic rings. The van der Waals surface area contributed by atoms with E-state index in [0.29, 0.717) is 6.54 Å². The molecule has 6 heteroatoms. The van der Waals surface area contributed by atoms with Crippen LogP contribution in [0.25, 0.3) is 0 Å². The van der Waals surface area contributed by atoms with Gasteiger partial charge in [0.25, 0.3) is 10.0 Å². The van der Waals surface area contributed by atoms with E-state index >= 15 is 0 Å². The van der Waals surface area contributed by atoms with Crippen LogP contribution in [0.1, 0.15) is 27.7 Å². The Bertz CT molecular complexity index is 428. The molecule has 0 aliphatic heterocycles. The highest BCUT2D eigenvalue weighted by atomic mass is 32.2. The van der Waals surface area contributed by atoms with Gasteiger partial charge in [-0.05, 0) is 27.7 Å². The lowest BCUT2D eigenvalue weighted by atomic mass is 10.1. The standard InChI is InChI=1S/C9H17N3O2S/c1-5-12-6-8(10-7-12)15(13,14)11-9(2,3)4/h6-7,11H,5H2,1-4H3. The van der Waals surface area contributed by atoms with Crippen molar-refractivity contribution in [3.05, 3.63) is 12.5 Å². The number of sulfonamides is 1. The molecule has 1 heterocycles. The van der Waals surface area contributed by atoms with Crippen molar-refractivity contribution < 1.29 is 8.42 Å². The van der Waals surface area contributed by atoms with E-state index in [1.165, 1.54) is 12.5 Å². The predicted octanol–water partition coefficient (Wildman–Crippen LogP) is 0.980. The van der Waals surface area contributed by atoms with Crippen molar-refractivity contribution in [1.82, 2.24) is 14.3 Å². The molecule has 86 valence electrons. The third kappa shape index (κ3) is 3.32. The van der Waals surface area contributed by atoms with Crippen LogP contribution in [0.15, 0.2) is 17.6 Å². The van der Waals surface area contributed by atoms with Crippen molar-refractivity contribution in [3.8, 4) is 0 Å². The normalized spacial score (nSPS) is 13.1. The number of nitrogens with zero attached hydrogens (tertiary/aromatic N) is 2. The molecular formula is C9H17N3O2S. The maximum absolute atomic E-state index is 11.8. The average molecular weight is 231 g/mol. The number of hydrogen-bond donors (Lipinski definition) is 1. The molecule has 0 saturated carbocycles. The zero-order valence-corrected chi connectivity index (χ0v) is 10.3. The molecule has 15 heavy (non-hydrogen) atoms. The largest absolute Gasteiger partial charge is 0.336 e. The molecule has 0 atom stereocenters. The van der Waals surface area contributed by atoms with Crippen molar-refractivity contribution >= 4 is 10.0 Å². The molecule has 0 aliphatic carbocycles. The Kier molecular flexibility index (Phi) is 3.20. The zero-order valence-electron chi connectivity index (χ0n) is 9.48. The zero-order chi connectivity index (χ0) is 11.7. The van der Waals surface area contributed by atoms with Gasteiger partial charge in [-0.3, -0.25) is 0 Å². The first-order chi connectivity index (χ1) is 6.74. The van der Waals surface area contributed by atoms with E-state index in [-0.39, 0.29) is 5.03 Å². The monoisotopic (exact) mass is 231 g/mol. The van der Waals surface area contributed by atoms with E-state index in [2.05, 4.69) is 9.71 Å². The summed E-state index contributed by atoms with van der Waals surface area (Å²) >= 11 is 0. The van der Waals surface area contributed by atoms with Gasteiger partial charge in [0.15, 0.2) is 5.03 Å². The number of rotatable bonds is 3. The summed E-state index contributed by atoms with van der Waals surface area (Å²) in [6, 6.07) is 0. The molecule has 0 radical (unpaired) electrons. The van der Waals surface area contributed by atoms with Gasteiger partial charge in [0.05, 0.1) is 6.33 Å². The average Bonchev–Trinajstić information content (AvgIpc) is 2.47. The summed E-state index contributed by atoms with van der Waals surface area (Å²) in [5.41, 5.74) is -0.491. The quantitative estimate of drug-likeness (QED) is 0.843. The minimum absolute atomic E-state index is 0.0688. The molecule has 0 aromatic carbocycles. The van der Waals surface area contributed by atoms with Crippen LogP contribution in [-0.4, -0.2) is 23.5 Å². The lowest BCUT2D eigenvalue weighted by molar-refractivity contribution is 0.490. The van der Waals surface area contributed by atoms with Gasteiger partial charge in [-0.15, -0.1) is 0 Å². The summed E-state index contributed by atoms with van der Waals surface area (Å²) in [5.74, 6) is 0. The predicted molar refractivity (Wildman–Crippen MR) is 58.0 cm³/mol. The number of hydrogen-bond acceptors (Lipinski definition) is 3. The SMILES string of the molecule is CCn1cnc(S(=O)(=O)NC(C)(C)C)c1. The molecule has 1 N–H and O–H groups in total. The molecule has 1 aromatic rings. The smallest absolute Gasteiger partial charge is 0.260 e. The van der Waals surface area contributed by atoms with Gasteiger partial charge in [0.2, 0.25) is 0 Å². The van der Waals surface area contributed by atoms with Crippen LogP contribution in [-0.2, 0) is 16.6 Å². The lowest BCUT2D eigenvalue weighted by Crippen LogP contribution is -2.40. The molecule has 0 spiro atoms. The Labute approximate surface area is 90.6 Å². The summed E-state index contributed by atoms with van der Waals surface area (Å²) in [4.78, 5) is 3.86. The summed E-state index contributed by atoms with van der Waals surface area (Å²) in [5, 5.41) is 0.0688. The fraction of sp³-hybridized carbons (Fsp3) is 0.667. The first kappa shape index (κ1) is 12.2. The Morgan fingerprint density at radius 1 is 1.47 bits per heavy atom. The van der Waals surface area contributed by atoms with Crippen LogP contribution >= 0.6 is 0 Å². The van der Waals surface area contributed by atoms with Gasteiger partial charge in [0, 0.05) is 18.3 Å². The van der Waals surface area contributed by atoms with Gasteiger partial charge in [-0.1, -0.05) is 0 Å². The minimum atomic E-state index is -3.49. The highest BCUT2D eigenvalue weighted by Gasteiger charge is 2.23. The van der Waals surface area contributed by atoms with Gasteiger partial charge in [0.1, 0.15) is 0 Å². The van der Waals surface area contributed by atoms with Gasteiger partial charge in [-0.25, -0.2) is 18.1 Å². The third-order valence-electron chi connectivity index (χ3n) is 1.69. The Hall–Kier alpha value is -0.880. The maximum Gasteiger partial charge on any atom is 0.260 e. The van der Waals surface area contributed by atoms with Crippen molar-refractivity contribution in [2.75, 3.05) is 0 Å². The number of imidazole rings is 1. The first-order valence-electron chi connectivity index (χ1n) is 4.80. The van der Waals surface area contributed by atoms with Crippen LogP contribution in [0.4, 0.5) is 0 Å². The van der Waals surface area contributed by atoms with Crippen LogP contribution in [0.5, 0.6) is 0 Å². The Balaban J connectivity index is 2.96. The fourth-order valence-electron chi connectivity index (χ4n) is 1.11. The molecule has 5 nitrogen and oxygen atoms in total. The first-order valence-corrected chi connectivity index (χ1v) is 6.28. The van der Waals surface area contributed by atoms with Crippen LogP contribution in [0.2, 0.25) is 0 Å². The van der Waals surface area contributed by atoms with Crippen LogP contribution in [0.3, 0.4) is 0 Å². The molecule has 0 amide bonds. The molecule has 0 bridgehead atoms. The van der Waals surface area contributed by atoms with Gasteiger partial charge in [-0.2, -0.15) is 0 Å². The Morgan fingerprint density at radius 2 is 2.07 bits per heavy atom. The molecule has 0 fully saturated rings. The number of nitrogens with one attached hydrogen (secondary N) is 1. The second kappa shape index (κ2) is 3.94. The second-order valence-corrected chi connectivity index (χ2v) is 6.03. The fourth-order valence-corrected chi connectivity index (χ4v) is 2.48. The molecule has 1 aromatic heterocycles. The van der Waals surface area contributed by atoms with E-state index in [0.717, 1.165) is 0 Å². The maximum atomic E-state index is 11.8. The van der Waals surface area contributed by atoms with E-state index in [1.807, 2.05) is 6.92 Å². The second-order valence-electron chi connectivity index (χ2n) is 4.40. The summed E-state index contributed by atoms with van der Waals surface area (Å²) in [6.07, 6.45) is 3.03. The van der Waals surface area contributed by atoms with Crippen molar-refractivity contribution in [2.45, 2.75) is 44.8 Å². The number of aromatic nitrogens is 2. The highest BCUT2D eigenvalue weighted by Crippen LogP contribution is 2.10. The van der Waals surface area contributed by atoms with Crippen molar-refractivity contribution in [1.29, 1.82) is 0 Å². The summed E-state index contributed by atoms with van der Waals surface area (Å²) in [6.45, 7) is 8.01. The van der Waals surface area contributed by atoms with E-state index in [9.17, 15) is 8.42 Å². The van der Waals surface area contributed by atoms with Crippen molar-refractivity contribution in [3.63, 3.8) is 0 Å². The van der Waals surface area contributed by atoms with Gasteiger partial charge >= 0.3 is 0 Å². The van der Waals surface area contributed by atoms with Crippen molar-refractivity contribution in [2.24, 2.45) is 0 Å². The summed E-state index contributed by atoms with van der Waals surface area (Å²) < 4.78 is 27.8. The lowest BCUT2D eigenvalue weighted by Gasteiger charge is -2.19. The Morgan fingerprint density at radius 3 is 2.47 bits per heavy atom. The van der Waals surface area contributed by atoms with E-state index in [1.54, 1.807) is 25.3 Å². The van der Waals surface area contributed by atoms with Crippen LogP contribution < -0.4 is 4.72 Å². The number of aryl methyl sites for hydroxylation is 1. The summed E-state index contributed by atoms with van der Waals surface area (Å²) in [7, 11) is -3.49. The molecule has 1 rings (SSSR count). The third-order valence-corrected chi connectivity index (χ3v) is 3.33. The minimum Gasteiger partial charge on any atom is -0.336 e. The molecular weight excluding hydrogens is 214 g/mol. The molecule has 0 unspecified atom stereocenters. The van der Waals surface area contributed by atoms with E-state index in [4.69, 9.17) is 0 Å².